The Labute approximate surface area is 113 Å². The average Bonchev–Trinajstić information content (AvgIpc) is 3.05. The van der Waals surface area contributed by atoms with Crippen molar-refractivity contribution in [2.45, 2.75) is 25.3 Å². The molecule has 0 aromatic heterocycles. The van der Waals surface area contributed by atoms with Crippen molar-refractivity contribution in [3.8, 4) is 0 Å². The molecule has 3 nitrogen and oxygen atoms in total. The van der Waals surface area contributed by atoms with Crippen molar-refractivity contribution >= 4 is 34.2 Å². The average molecular weight is 348 g/mol. The number of nitrogens with one attached hydrogen (secondary N) is 2. The topological polar surface area (TPSA) is 41.1 Å². The molecule has 0 spiro atoms. The first-order chi connectivity index (χ1) is 8.15. The van der Waals surface area contributed by atoms with Gasteiger partial charge in [0.1, 0.15) is 5.82 Å². The molecule has 0 atom stereocenters. The molecule has 1 amide bonds. The molecule has 0 radical (unpaired) electrons. The van der Waals surface area contributed by atoms with Crippen LogP contribution in [0.5, 0.6) is 0 Å². The van der Waals surface area contributed by atoms with Crippen LogP contribution in [0.3, 0.4) is 0 Å². The van der Waals surface area contributed by atoms with Crippen LogP contribution in [0.4, 0.5) is 10.1 Å². The lowest BCUT2D eigenvalue weighted by Gasteiger charge is -2.08. The first-order valence-electron chi connectivity index (χ1n) is 5.63. The molecule has 1 aliphatic rings. The van der Waals surface area contributed by atoms with Crippen molar-refractivity contribution in [1.29, 1.82) is 0 Å². The molecule has 2 N–H and O–H groups in total. The normalized spacial score (nSPS) is 14.5. The number of halogens is 2. The first-order valence-corrected chi connectivity index (χ1v) is 6.71. The summed E-state index contributed by atoms with van der Waals surface area (Å²) in [5.41, 5.74) is 0.867. The summed E-state index contributed by atoms with van der Waals surface area (Å²) in [7, 11) is 0. The minimum atomic E-state index is -0.244. The fraction of sp³-hybridized carbons (Fsp3) is 0.417. The van der Waals surface area contributed by atoms with Crippen LogP contribution in [0.1, 0.15) is 19.3 Å². The zero-order chi connectivity index (χ0) is 12.3. The van der Waals surface area contributed by atoms with Crippen LogP contribution in [-0.2, 0) is 4.79 Å². The van der Waals surface area contributed by atoms with E-state index in [2.05, 4.69) is 33.2 Å². The highest BCUT2D eigenvalue weighted by Crippen LogP contribution is 2.20. The maximum Gasteiger partial charge on any atom is 0.221 e. The third-order valence-corrected chi connectivity index (χ3v) is 3.43. The SMILES string of the molecule is O=C(CCNc1ccc(F)cc1I)NC1CC1. The van der Waals surface area contributed by atoms with E-state index in [0.29, 0.717) is 19.0 Å². The van der Waals surface area contributed by atoms with Gasteiger partial charge in [-0.3, -0.25) is 4.79 Å². The van der Waals surface area contributed by atoms with E-state index in [1.165, 1.54) is 12.1 Å². The summed E-state index contributed by atoms with van der Waals surface area (Å²) in [6.45, 7) is 0.570. The van der Waals surface area contributed by atoms with Crippen molar-refractivity contribution in [2.24, 2.45) is 0 Å². The van der Waals surface area contributed by atoms with Crippen molar-refractivity contribution in [2.75, 3.05) is 11.9 Å². The van der Waals surface area contributed by atoms with Gasteiger partial charge in [0.05, 0.1) is 0 Å². The summed E-state index contributed by atoms with van der Waals surface area (Å²) in [5, 5.41) is 6.05. The highest BCUT2D eigenvalue weighted by molar-refractivity contribution is 14.1. The number of amides is 1. The molecule has 0 saturated heterocycles. The highest BCUT2D eigenvalue weighted by Gasteiger charge is 2.22. The van der Waals surface area contributed by atoms with E-state index >= 15 is 0 Å². The van der Waals surface area contributed by atoms with Gasteiger partial charge in [-0.2, -0.15) is 0 Å². The molecule has 1 aromatic rings. The fourth-order valence-electron chi connectivity index (χ4n) is 1.47. The maximum atomic E-state index is 12.9. The molecule has 0 aliphatic heterocycles. The van der Waals surface area contributed by atoms with Crippen LogP contribution in [0.15, 0.2) is 18.2 Å². The molecule has 1 saturated carbocycles. The van der Waals surface area contributed by atoms with E-state index in [-0.39, 0.29) is 11.7 Å². The van der Waals surface area contributed by atoms with Gasteiger partial charge in [0, 0.05) is 28.3 Å². The molecule has 17 heavy (non-hydrogen) atoms. The minimum absolute atomic E-state index is 0.0807. The van der Waals surface area contributed by atoms with Crippen molar-refractivity contribution < 1.29 is 9.18 Å². The zero-order valence-corrected chi connectivity index (χ0v) is 11.5. The van der Waals surface area contributed by atoms with Gasteiger partial charge in [-0.25, -0.2) is 4.39 Å². The number of rotatable bonds is 5. The molecule has 1 aliphatic carbocycles. The van der Waals surface area contributed by atoms with E-state index in [0.717, 1.165) is 22.1 Å². The van der Waals surface area contributed by atoms with Crippen molar-refractivity contribution in [3.63, 3.8) is 0 Å². The van der Waals surface area contributed by atoms with Crippen molar-refractivity contribution in [1.82, 2.24) is 5.32 Å². The molecule has 0 bridgehead atoms. The summed E-state index contributed by atoms with van der Waals surface area (Å²) in [6, 6.07) is 4.98. The van der Waals surface area contributed by atoms with E-state index in [9.17, 15) is 9.18 Å². The van der Waals surface area contributed by atoms with Gasteiger partial charge < -0.3 is 10.6 Å². The maximum absolute atomic E-state index is 12.9. The van der Waals surface area contributed by atoms with E-state index in [4.69, 9.17) is 0 Å². The third kappa shape index (κ3) is 4.14. The Bertz CT molecular complexity index is 421. The van der Waals surface area contributed by atoms with Gasteiger partial charge >= 0.3 is 0 Å². The molecule has 1 aromatic carbocycles. The molecule has 5 heteroatoms. The Morgan fingerprint density at radius 2 is 2.24 bits per heavy atom. The van der Waals surface area contributed by atoms with Gasteiger partial charge in [0.2, 0.25) is 5.91 Å². The second kappa shape index (κ2) is 5.66. The molecule has 0 unspecified atom stereocenters. The van der Waals surface area contributed by atoms with E-state index in [1.54, 1.807) is 6.07 Å². The molecule has 92 valence electrons. The van der Waals surface area contributed by atoms with E-state index < -0.39 is 0 Å². The molecular weight excluding hydrogens is 334 g/mol. The predicted molar refractivity (Wildman–Crippen MR) is 73.4 cm³/mol. The lowest BCUT2D eigenvalue weighted by atomic mass is 10.3. The first kappa shape index (κ1) is 12.6. The summed E-state index contributed by atoms with van der Waals surface area (Å²) >= 11 is 2.07. The Hall–Kier alpha value is -0.850. The summed E-state index contributed by atoms with van der Waals surface area (Å²) in [5.74, 6) is -0.163. The number of hydrogen-bond donors (Lipinski definition) is 2. The largest absolute Gasteiger partial charge is 0.384 e. The second-order valence-electron chi connectivity index (χ2n) is 4.14. The second-order valence-corrected chi connectivity index (χ2v) is 5.30. The van der Waals surface area contributed by atoms with Gasteiger partial charge in [0.15, 0.2) is 0 Å². The van der Waals surface area contributed by atoms with Gasteiger partial charge in [-0.05, 0) is 53.6 Å². The standard InChI is InChI=1S/C12H14FIN2O/c13-8-1-4-11(10(14)7-8)15-6-5-12(17)16-9-2-3-9/h1,4,7,9,15H,2-3,5-6H2,(H,16,17). The fourth-order valence-corrected chi connectivity index (χ4v) is 2.14. The Kier molecular flexibility index (Phi) is 4.20. The molecule has 2 rings (SSSR count). The number of carbonyl (C=O) groups is 1. The van der Waals surface area contributed by atoms with Crippen LogP contribution in [0.2, 0.25) is 0 Å². The van der Waals surface area contributed by atoms with Crippen molar-refractivity contribution in [3.05, 3.63) is 27.6 Å². The molecule has 1 fully saturated rings. The Morgan fingerprint density at radius 3 is 2.88 bits per heavy atom. The molecule has 0 heterocycles. The Morgan fingerprint density at radius 1 is 1.47 bits per heavy atom. The van der Waals surface area contributed by atoms with Crippen LogP contribution in [-0.4, -0.2) is 18.5 Å². The third-order valence-electron chi connectivity index (χ3n) is 2.54. The minimum Gasteiger partial charge on any atom is -0.384 e. The summed E-state index contributed by atoms with van der Waals surface area (Å²) < 4.78 is 13.7. The quantitative estimate of drug-likeness (QED) is 0.803. The van der Waals surface area contributed by atoms with E-state index in [1.807, 2.05) is 0 Å². The number of anilines is 1. The lowest BCUT2D eigenvalue weighted by molar-refractivity contribution is -0.120. The highest BCUT2D eigenvalue weighted by atomic mass is 127. The zero-order valence-electron chi connectivity index (χ0n) is 9.30. The summed E-state index contributed by atoms with van der Waals surface area (Å²) in [4.78, 5) is 11.4. The van der Waals surface area contributed by atoms with Gasteiger partial charge in [-0.1, -0.05) is 0 Å². The van der Waals surface area contributed by atoms with Crippen LogP contribution >= 0.6 is 22.6 Å². The van der Waals surface area contributed by atoms with Gasteiger partial charge in [-0.15, -0.1) is 0 Å². The van der Waals surface area contributed by atoms with Gasteiger partial charge in [0.25, 0.3) is 0 Å². The Balaban J connectivity index is 1.75. The number of hydrogen-bond acceptors (Lipinski definition) is 2. The number of benzene rings is 1. The predicted octanol–water partition coefficient (Wildman–Crippen LogP) is 2.51. The monoisotopic (exact) mass is 348 g/mol. The van der Waals surface area contributed by atoms with Crippen LogP contribution < -0.4 is 10.6 Å². The molecular formula is C12H14FIN2O. The smallest absolute Gasteiger partial charge is 0.221 e. The van der Waals surface area contributed by atoms with Crippen LogP contribution in [0, 0.1) is 9.39 Å². The van der Waals surface area contributed by atoms with Crippen LogP contribution in [0.25, 0.3) is 0 Å². The number of carbonyl (C=O) groups excluding carboxylic acids is 1. The lowest BCUT2D eigenvalue weighted by Crippen LogP contribution is -2.27. The summed E-state index contributed by atoms with van der Waals surface area (Å²) in [6.07, 6.45) is 2.66.